The van der Waals surface area contributed by atoms with Crippen LogP contribution < -0.4 is 5.32 Å². The molecule has 1 fully saturated rings. The van der Waals surface area contributed by atoms with E-state index < -0.39 is 0 Å². The summed E-state index contributed by atoms with van der Waals surface area (Å²) in [5, 5.41) is 13.8. The SMILES string of the molecule is CC(C)(C)c1cccc(CN2CCNCC2)c1O. The minimum Gasteiger partial charge on any atom is -0.507 e. The molecular formula is C15H24N2O. The van der Waals surface area contributed by atoms with Crippen molar-refractivity contribution in [1.82, 2.24) is 10.2 Å². The number of phenolic OH excluding ortho intramolecular Hbond substituents is 1. The van der Waals surface area contributed by atoms with Crippen LogP contribution in [0.4, 0.5) is 0 Å². The number of benzene rings is 1. The molecule has 0 bridgehead atoms. The summed E-state index contributed by atoms with van der Waals surface area (Å²) in [7, 11) is 0. The number of hydrogen-bond donors (Lipinski definition) is 2. The van der Waals surface area contributed by atoms with Crippen LogP contribution in [0.3, 0.4) is 0 Å². The van der Waals surface area contributed by atoms with Gasteiger partial charge in [-0.05, 0) is 11.0 Å². The zero-order valence-electron chi connectivity index (χ0n) is 11.7. The highest BCUT2D eigenvalue weighted by atomic mass is 16.3. The van der Waals surface area contributed by atoms with Gasteiger partial charge in [0.25, 0.3) is 0 Å². The van der Waals surface area contributed by atoms with Gasteiger partial charge in [-0.25, -0.2) is 0 Å². The Kier molecular flexibility index (Phi) is 3.93. The van der Waals surface area contributed by atoms with E-state index in [1.54, 1.807) is 0 Å². The standard InChI is InChI=1S/C15H24N2O/c1-15(2,3)13-6-4-5-12(14(13)18)11-17-9-7-16-8-10-17/h4-6,16,18H,7-11H2,1-3H3. The summed E-state index contributed by atoms with van der Waals surface area (Å²) in [4.78, 5) is 2.39. The molecule has 0 aromatic heterocycles. The molecule has 2 N–H and O–H groups in total. The van der Waals surface area contributed by atoms with Crippen LogP contribution >= 0.6 is 0 Å². The monoisotopic (exact) mass is 248 g/mol. The van der Waals surface area contributed by atoms with Crippen molar-refractivity contribution in [3.05, 3.63) is 29.3 Å². The van der Waals surface area contributed by atoms with Gasteiger partial charge in [0, 0.05) is 38.3 Å². The highest BCUT2D eigenvalue weighted by Gasteiger charge is 2.20. The predicted molar refractivity (Wildman–Crippen MR) is 75.0 cm³/mol. The van der Waals surface area contributed by atoms with Gasteiger partial charge in [-0.2, -0.15) is 0 Å². The lowest BCUT2D eigenvalue weighted by molar-refractivity contribution is 0.230. The lowest BCUT2D eigenvalue weighted by Crippen LogP contribution is -2.42. The number of piperazine rings is 1. The largest absolute Gasteiger partial charge is 0.507 e. The summed E-state index contributed by atoms with van der Waals surface area (Å²) in [6, 6.07) is 6.11. The van der Waals surface area contributed by atoms with Crippen molar-refractivity contribution in [2.75, 3.05) is 26.2 Å². The van der Waals surface area contributed by atoms with Gasteiger partial charge in [0.1, 0.15) is 5.75 Å². The maximum Gasteiger partial charge on any atom is 0.123 e. The fourth-order valence-corrected chi connectivity index (χ4v) is 2.43. The second-order valence-corrected chi connectivity index (χ2v) is 6.09. The highest BCUT2D eigenvalue weighted by molar-refractivity contribution is 5.43. The van der Waals surface area contributed by atoms with Crippen molar-refractivity contribution in [3.8, 4) is 5.75 Å². The Morgan fingerprint density at radius 2 is 1.89 bits per heavy atom. The molecule has 0 unspecified atom stereocenters. The van der Waals surface area contributed by atoms with Crippen LogP contribution in [-0.2, 0) is 12.0 Å². The summed E-state index contributed by atoms with van der Waals surface area (Å²) in [5.41, 5.74) is 2.07. The van der Waals surface area contributed by atoms with Crippen LogP contribution in [0.5, 0.6) is 5.75 Å². The van der Waals surface area contributed by atoms with Crippen molar-refractivity contribution in [2.45, 2.75) is 32.7 Å². The molecule has 3 nitrogen and oxygen atoms in total. The minimum atomic E-state index is -0.0104. The molecule has 0 radical (unpaired) electrons. The normalized spacial score (nSPS) is 17.9. The maximum absolute atomic E-state index is 10.4. The number of phenols is 1. The molecule has 0 spiro atoms. The Morgan fingerprint density at radius 1 is 1.22 bits per heavy atom. The van der Waals surface area contributed by atoms with E-state index in [0.29, 0.717) is 5.75 Å². The highest BCUT2D eigenvalue weighted by Crippen LogP contribution is 2.33. The first-order valence-electron chi connectivity index (χ1n) is 6.73. The molecular weight excluding hydrogens is 224 g/mol. The van der Waals surface area contributed by atoms with E-state index in [9.17, 15) is 5.11 Å². The van der Waals surface area contributed by atoms with Crippen molar-refractivity contribution < 1.29 is 5.11 Å². The van der Waals surface area contributed by atoms with Crippen LogP contribution in [0.25, 0.3) is 0 Å². The second-order valence-electron chi connectivity index (χ2n) is 6.09. The predicted octanol–water partition coefficient (Wildman–Crippen LogP) is 2.09. The van der Waals surface area contributed by atoms with E-state index >= 15 is 0 Å². The van der Waals surface area contributed by atoms with Gasteiger partial charge in [0.05, 0.1) is 0 Å². The molecule has 2 rings (SSSR count). The first-order valence-corrected chi connectivity index (χ1v) is 6.73. The zero-order valence-corrected chi connectivity index (χ0v) is 11.7. The molecule has 1 saturated heterocycles. The summed E-state index contributed by atoms with van der Waals surface area (Å²) in [5.74, 6) is 0.475. The second kappa shape index (κ2) is 5.29. The zero-order chi connectivity index (χ0) is 13.2. The van der Waals surface area contributed by atoms with Gasteiger partial charge < -0.3 is 10.4 Å². The summed E-state index contributed by atoms with van der Waals surface area (Å²) >= 11 is 0. The Balaban J connectivity index is 2.18. The van der Waals surface area contributed by atoms with Gasteiger partial charge in [-0.1, -0.05) is 39.0 Å². The molecule has 0 saturated carbocycles. The van der Waals surface area contributed by atoms with E-state index in [1.807, 2.05) is 12.1 Å². The van der Waals surface area contributed by atoms with Crippen LogP contribution in [-0.4, -0.2) is 36.2 Å². The molecule has 100 valence electrons. The van der Waals surface area contributed by atoms with Crippen molar-refractivity contribution in [1.29, 1.82) is 0 Å². The third-order valence-electron chi connectivity index (χ3n) is 3.53. The Bertz CT molecular complexity index is 403. The molecule has 1 aromatic rings. The Labute approximate surface area is 110 Å². The Morgan fingerprint density at radius 3 is 2.50 bits per heavy atom. The Hall–Kier alpha value is -1.06. The van der Waals surface area contributed by atoms with E-state index in [2.05, 4.69) is 37.1 Å². The fourth-order valence-electron chi connectivity index (χ4n) is 2.43. The first-order chi connectivity index (χ1) is 8.48. The topological polar surface area (TPSA) is 35.5 Å². The number of rotatable bonds is 2. The smallest absolute Gasteiger partial charge is 0.123 e. The number of para-hydroxylation sites is 1. The molecule has 1 heterocycles. The average Bonchev–Trinajstić information content (AvgIpc) is 2.32. The quantitative estimate of drug-likeness (QED) is 0.841. The number of aromatic hydroxyl groups is 1. The van der Waals surface area contributed by atoms with E-state index in [1.165, 1.54) is 0 Å². The van der Waals surface area contributed by atoms with Gasteiger partial charge in [0.15, 0.2) is 0 Å². The third kappa shape index (κ3) is 3.03. The molecule has 0 amide bonds. The van der Waals surface area contributed by atoms with Crippen LogP contribution in [0.2, 0.25) is 0 Å². The fraction of sp³-hybridized carbons (Fsp3) is 0.600. The van der Waals surface area contributed by atoms with Gasteiger partial charge in [0.2, 0.25) is 0 Å². The first kappa shape index (κ1) is 13.4. The number of hydrogen-bond acceptors (Lipinski definition) is 3. The van der Waals surface area contributed by atoms with Crippen molar-refractivity contribution in [3.63, 3.8) is 0 Å². The van der Waals surface area contributed by atoms with Crippen LogP contribution in [0.1, 0.15) is 31.9 Å². The van der Waals surface area contributed by atoms with Gasteiger partial charge in [-0.3, -0.25) is 4.90 Å². The van der Waals surface area contributed by atoms with Gasteiger partial charge in [-0.15, -0.1) is 0 Å². The van der Waals surface area contributed by atoms with Crippen molar-refractivity contribution in [2.24, 2.45) is 0 Å². The summed E-state index contributed by atoms with van der Waals surface area (Å²) in [6.07, 6.45) is 0. The lowest BCUT2D eigenvalue weighted by atomic mass is 9.85. The third-order valence-corrected chi connectivity index (χ3v) is 3.53. The average molecular weight is 248 g/mol. The summed E-state index contributed by atoms with van der Waals surface area (Å²) in [6.45, 7) is 11.4. The molecule has 1 aliphatic heterocycles. The maximum atomic E-state index is 10.4. The lowest BCUT2D eigenvalue weighted by Gasteiger charge is -2.28. The minimum absolute atomic E-state index is 0.0104. The molecule has 0 aliphatic carbocycles. The summed E-state index contributed by atoms with van der Waals surface area (Å²) < 4.78 is 0. The molecule has 1 aromatic carbocycles. The van der Waals surface area contributed by atoms with Crippen molar-refractivity contribution >= 4 is 0 Å². The van der Waals surface area contributed by atoms with Gasteiger partial charge >= 0.3 is 0 Å². The van der Waals surface area contributed by atoms with E-state index in [-0.39, 0.29) is 5.41 Å². The molecule has 0 atom stereocenters. The molecule has 18 heavy (non-hydrogen) atoms. The molecule has 3 heteroatoms. The molecule has 1 aliphatic rings. The van der Waals surface area contributed by atoms with E-state index in [4.69, 9.17) is 0 Å². The number of nitrogens with one attached hydrogen (secondary N) is 1. The van der Waals surface area contributed by atoms with E-state index in [0.717, 1.165) is 43.9 Å². The van der Waals surface area contributed by atoms with Crippen LogP contribution in [0.15, 0.2) is 18.2 Å². The number of nitrogens with zero attached hydrogens (tertiary/aromatic N) is 1. The van der Waals surface area contributed by atoms with Crippen LogP contribution in [0, 0.1) is 0 Å².